The molecule has 3 aliphatic rings. The van der Waals surface area contributed by atoms with Crippen LogP contribution in [-0.2, 0) is 17.6 Å². The fourth-order valence-corrected chi connectivity index (χ4v) is 8.11. The van der Waals surface area contributed by atoms with Crippen molar-refractivity contribution in [1.29, 1.82) is 0 Å². The first-order chi connectivity index (χ1) is 29.1. The normalized spacial score (nSPS) is 17.8. The van der Waals surface area contributed by atoms with Gasteiger partial charge in [0.15, 0.2) is 11.4 Å². The summed E-state index contributed by atoms with van der Waals surface area (Å²) in [6.07, 6.45) is 11.9. The molecule has 1 aliphatic heterocycles. The van der Waals surface area contributed by atoms with Crippen LogP contribution in [-0.4, -0.2) is 69.1 Å². The molecule has 3 N–H and O–H groups in total. The lowest BCUT2D eigenvalue weighted by Gasteiger charge is -2.31. The Morgan fingerprint density at radius 3 is 2.60 bits per heavy atom. The maximum absolute atomic E-state index is 14.1. The van der Waals surface area contributed by atoms with Crippen LogP contribution in [0.5, 0.6) is 11.5 Å². The van der Waals surface area contributed by atoms with E-state index in [2.05, 4.69) is 43.0 Å². The summed E-state index contributed by atoms with van der Waals surface area (Å²) in [7, 11) is 2.16. The number of nitrogens with zero attached hydrogens (tertiary/aromatic N) is 5. The fraction of sp³-hybridized carbons (Fsp3) is 0.422. The Bertz CT molecular complexity index is 2300. The molecule has 5 aromatic rings. The van der Waals surface area contributed by atoms with Gasteiger partial charge in [0.25, 0.3) is 18.2 Å². The quantitative estimate of drug-likeness (QED) is 0.0578. The number of halogens is 2. The lowest BCUT2D eigenvalue weighted by Crippen LogP contribution is -2.37. The van der Waals surface area contributed by atoms with Crippen LogP contribution in [0.1, 0.15) is 108 Å². The second-order valence-electron chi connectivity index (χ2n) is 16.3. The van der Waals surface area contributed by atoms with Crippen LogP contribution in [0.4, 0.5) is 20.3 Å². The standard InChI is InChI=1S/C45H50F2N8O5/c1-54(21-4-2-3-6-28-13-17-34(18-14-28)60-37-8-5-7-31-23-39(56)52-44(58)40(31)37)25-30-11-15-33(16-12-30)55-26-35(41(53-55)42(46)47)50-43(57)36-27-59-45(51-36)32-19-20-48-38(22-32)49-24-29-9-10-29/h5,7-8,13-14,17-20,22,26-27,29-30,33,42H,2-4,6,9-12,15-16,21,23-25H2,1H3,(H,48,49)(H,50,57)(H,52,56,58). The Labute approximate surface area is 347 Å². The van der Waals surface area contributed by atoms with Crippen molar-refractivity contribution in [1.82, 2.24) is 30.0 Å². The summed E-state index contributed by atoms with van der Waals surface area (Å²) in [5.74, 6) is 1.79. The van der Waals surface area contributed by atoms with Crippen molar-refractivity contribution in [2.24, 2.45) is 11.8 Å². The molecule has 0 saturated heterocycles. The minimum Gasteiger partial charge on any atom is -0.457 e. The first kappa shape index (κ1) is 40.8. The van der Waals surface area contributed by atoms with E-state index in [-0.39, 0.29) is 35.6 Å². The number of hydrogen-bond donors (Lipinski definition) is 3. The van der Waals surface area contributed by atoms with Gasteiger partial charge in [0.1, 0.15) is 23.6 Å². The van der Waals surface area contributed by atoms with Gasteiger partial charge in [0.05, 0.1) is 23.7 Å². The number of ether oxygens (including phenoxy) is 1. The first-order valence-electron chi connectivity index (χ1n) is 20.9. The Balaban J connectivity index is 0.748. The molecule has 2 saturated carbocycles. The summed E-state index contributed by atoms with van der Waals surface area (Å²) in [5, 5.41) is 12.5. The topological polar surface area (TPSA) is 157 Å². The van der Waals surface area contributed by atoms with E-state index in [4.69, 9.17) is 9.15 Å². The summed E-state index contributed by atoms with van der Waals surface area (Å²) < 4.78 is 41.5. The number of rotatable bonds is 18. The highest BCUT2D eigenvalue weighted by atomic mass is 19.3. The largest absolute Gasteiger partial charge is 0.457 e. The third-order valence-corrected chi connectivity index (χ3v) is 11.6. The highest BCUT2D eigenvalue weighted by molar-refractivity contribution is 6.11. The Morgan fingerprint density at radius 2 is 1.82 bits per heavy atom. The number of imide groups is 1. The number of hydrogen-bond acceptors (Lipinski definition) is 10. The van der Waals surface area contributed by atoms with Crippen LogP contribution in [0.2, 0.25) is 0 Å². The number of fused-ring (bicyclic) bond motifs is 1. The smallest absolute Gasteiger partial charge is 0.284 e. The molecule has 2 aliphatic carbocycles. The summed E-state index contributed by atoms with van der Waals surface area (Å²) in [6, 6.07) is 16.7. The van der Waals surface area contributed by atoms with Crippen molar-refractivity contribution in [2.75, 3.05) is 37.3 Å². The van der Waals surface area contributed by atoms with Crippen LogP contribution in [0.15, 0.2) is 77.7 Å². The number of carbonyl (C=O) groups is 3. The third-order valence-electron chi connectivity index (χ3n) is 11.6. The van der Waals surface area contributed by atoms with Crippen molar-refractivity contribution in [3.8, 4) is 23.0 Å². The molecule has 15 heteroatoms. The van der Waals surface area contributed by atoms with E-state index in [0.717, 1.165) is 71.0 Å². The molecule has 13 nitrogen and oxygen atoms in total. The van der Waals surface area contributed by atoms with Crippen LogP contribution in [0.25, 0.3) is 11.5 Å². The van der Waals surface area contributed by atoms with Gasteiger partial charge in [-0.05, 0) is 125 Å². The minimum atomic E-state index is -2.86. The zero-order valence-corrected chi connectivity index (χ0v) is 33.7. The maximum atomic E-state index is 14.1. The molecule has 60 heavy (non-hydrogen) atoms. The molecule has 3 aromatic heterocycles. The van der Waals surface area contributed by atoms with E-state index in [1.807, 2.05) is 24.3 Å². The van der Waals surface area contributed by atoms with E-state index in [1.165, 1.54) is 30.9 Å². The van der Waals surface area contributed by atoms with Crippen molar-refractivity contribution in [2.45, 2.75) is 83.1 Å². The van der Waals surface area contributed by atoms with Crippen molar-refractivity contribution < 1.29 is 32.3 Å². The van der Waals surface area contributed by atoms with Gasteiger partial charge >= 0.3 is 0 Å². The monoisotopic (exact) mass is 820 g/mol. The zero-order chi connectivity index (χ0) is 41.6. The number of nitrogens with one attached hydrogen (secondary N) is 3. The van der Waals surface area contributed by atoms with Gasteiger partial charge in [-0.25, -0.2) is 18.7 Å². The number of carbonyl (C=O) groups excluding carboxylic acids is 3. The predicted molar refractivity (Wildman–Crippen MR) is 221 cm³/mol. The van der Waals surface area contributed by atoms with Gasteiger partial charge in [0, 0.05) is 31.0 Å². The Morgan fingerprint density at radius 1 is 1.02 bits per heavy atom. The first-order valence-corrected chi connectivity index (χ1v) is 20.9. The molecule has 0 radical (unpaired) electrons. The molecule has 0 spiro atoms. The molecule has 0 atom stereocenters. The molecule has 314 valence electrons. The molecular formula is C45H50F2N8O5. The number of aryl methyl sites for hydroxylation is 1. The number of amides is 3. The molecule has 2 aromatic carbocycles. The van der Waals surface area contributed by atoms with E-state index < -0.39 is 23.9 Å². The fourth-order valence-electron chi connectivity index (χ4n) is 8.11. The average Bonchev–Trinajstić information content (AvgIpc) is 3.76. The van der Waals surface area contributed by atoms with Gasteiger partial charge < -0.3 is 24.7 Å². The lowest BCUT2D eigenvalue weighted by atomic mass is 9.86. The van der Waals surface area contributed by atoms with Crippen LogP contribution in [0, 0.1) is 11.8 Å². The van der Waals surface area contributed by atoms with Gasteiger partial charge in [0.2, 0.25) is 11.8 Å². The summed E-state index contributed by atoms with van der Waals surface area (Å²) in [4.78, 5) is 48.4. The van der Waals surface area contributed by atoms with Gasteiger partial charge in [-0.3, -0.25) is 24.4 Å². The number of benzene rings is 2. The maximum Gasteiger partial charge on any atom is 0.284 e. The van der Waals surface area contributed by atoms with E-state index >= 15 is 0 Å². The van der Waals surface area contributed by atoms with Crippen molar-refractivity contribution in [3.63, 3.8) is 0 Å². The molecule has 4 heterocycles. The summed E-state index contributed by atoms with van der Waals surface area (Å²) >= 11 is 0. The van der Waals surface area contributed by atoms with Crippen molar-refractivity contribution in [3.05, 3.63) is 101 Å². The van der Waals surface area contributed by atoms with Gasteiger partial charge in [-0.15, -0.1) is 0 Å². The molecular weight excluding hydrogens is 771 g/mol. The Hall–Kier alpha value is -5.96. The number of unbranched alkanes of at least 4 members (excludes halogenated alkanes) is 2. The van der Waals surface area contributed by atoms with Crippen molar-refractivity contribution >= 4 is 29.2 Å². The third kappa shape index (κ3) is 10.2. The van der Waals surface area contributed by atoms with Crippen LogP contribution in [0.3, 0.4) is 0 Å². The zero-order valence-electron chi connectivity index (χ0n) is 33.7. The molecule has 0 bridgehead atoms. The summed E-state index contributed by atoms with van der Waals surface area (Å²) in [6.45, 7) is 2.84. The van der Waals surface area contributed by atoms with E-state index in [1.54, 1.807) is 41.2 Å². The number of pyridine rings is 1. The molecule has 8 rings (SSSR count). The van der Waals surface area contributed by atoms with Crippen LogP contribution < -0.4 is 20.7 Å². The van der Waals surface area contributed by atoms with Gasteiger partial charge in [-0.1, -0.05) is 30.7 Å². The minimum absolute atomic E-state index is 0.0221. The van der Waals surface area contributed by atoms with E-state index in [9.17, 15) is 23.2 Å². The lowest BCUT2D eigenvalue weighted by molar-refractivity contribution is -0.119. The number of aromatic nitrogens is 4. The highest BCUT2D eigenvalue weighted by Crippen LogP contribution is 2.36. The SMILES string of the molecule is CN(CCCCCc1ccc(Oc2cccc3c2C(=O)NC(=O)C3)cc1)CC1CCC(n2cc(NC(=O)c3coc(-c4ccnc(NCC5CC5)c4)n3)c(C(F)F)n2)CC1. The predicted octanol–water partition coefficient (Wildman–Crippen LogP) is 8.63. The molecule has 2 fully saturated rings. The van der Waals surface area contributed by atoms with E-state index in [0.29, 0.717) is 45.8 Å². The Kier molecular flexibility index (Phi) is 12.6. The molecule has 0 unspecified atom stereocenters. The second kappa shape index (κ2) is 18.5. The number of oxazole rings is 1. The van der Waals surface area contributed by atoms with Crippen LogP contribution >= 0.6 is 0 Å². The average molecular weight is 821 g/mol. The number of anilines is 2. The summed E-state index contributed by atoms with van der Waals surface area (Å²) in [5.41, 5.74) is 2.43. The second-order valence-corrected chi connectivity index (χ2v) is 16.3. The highest BCUT2D eigenvalue weighted by Gasteiger charge is 2.29. The number of alkyl halides is 2. The molecule has 3 amide bonds. The van der Waals surface area contributed by atoms with Gasteiger partial charge in [-0.2, -0.15) is 5.10 Å².